The van der Waals surface area contributed by atoms with E-state index in [2.05, 4.69) is 5.32 Å². The molecule has 1 rings (SSSR count). The van der Waals surface area contributed by atoms with E-state index in [9.17, 15) is 13.6 Å². The summed E-state index contributed by atoms with van der Waals surface area (Å²) in [5, 5.41) is 2.49. The van der Waals surface area contributed by atoms with Crippen molar-refractivity contribution in [2.24, 2.45) is 0 Å². The van der Waals surface area contributed by atoms with Gasteiger partial charge in [0.25, 0.3) is 5.91 Å². The van der Waals surface area contributed by atoms with Crippen LogP contribution in [0.3, 0.4) is 0 Å². The highest BCUT2D eigenvalue weighted by Crippen LogP contribution is 2.16. The molecule has 1 aromatic rings. The van der Waals surface area contributed by atoms with Crippen LogP contribution in [-0.4, -0.2) is 17.8 Å². The van der Waals surface area contributed by atoms with Crippen molar-refractivity contribution in [3.05, 3.63) is 34.9 Å². The molecule has 0 radical (unpaired) electrons. The van der Waals surface area contributed by atoms with E-state index in [0.29, 0.717) is 6.42 Å². The van der Waals surface area contributed by atoms with Gasteiger partial charge in [-0.2, -0.15) is 0 Å². The maximum Gasteiger partial charge on any atom is 0.257 e. The first-order valence-electron chi connectivity index (χ1n) is 5.32. The zero-order valence-corrected chi connectivity index (χ0v) is 10.4. The van der Waals surface area contributed by atoms with Crippen LogP contribution >= 0.6 is 11.6 Å². The lowest BCUT2D eigenvalue weighted by Gasteiger charge is -2.14. The standard InChI is InChI=1S/C12H14ClF2NO/c1-3-8(6-13)16-12(17)10-9(14)5-4-7(2)11(10)15/h4-5,8H,3,6H2,1-2H3,(H,16,17). The number of benzene rings is 1. The van der Waals surface area contributed by atoms with Gasteiger partial charge in [-0.1, -0.05) is 13.0 Å². The summed E-state index contributed by atoms with van der Waals surface area (Å²) in [6.07, 6.45) is 0.601. The first-order chi connectivity index (χ1) is 8.01. The van der Waals surface area contributed by atoms with Crippen LogP contribution in [0.2, 0.25) is 0 Å². The lowest BCUT2D eigenvalue weighted by Crippen LogP contribution is -2.36. The fourth-order valence-corrected chi connectivity index (χ4v) is 1.67. The summed E-state index contributed by atoms with van der Waals surface area (Å²) in [6, 6.07) is 2.08. The Hall–Kier alpha value is -1.16. The Kier molecular flexibility index (Phi) is 4.87. The Morgan fingerprint density at radius 2 is 2.12 bits per heavy atom. The predicted molar refractivity (Wildman–Crippen MR) is 63.4 cm³/mol. The maximum atomic E-state index is 13.6. The minimum atomic E-state index is -0.866. The van der Waals surface area contributed by atoms with Gasteiger partial charge in [-0.05, 0) is 25.0 Å². The molecular formula is C12H14ClF2NO. The van der Waals surface area contributed by atoms with Crippen LogP contribution in [0.1, 0.15) is 29.3 Å². The minimum absolute atomic E-state index is 0.206. The summed E-state index contributed by atoms with van der Waals surface area (Å²) in [5.41, 5.74) is -0.316. The molecule has 1 amide bonds. The van der Waals surface area contributed by atoms with Crippen LogP contribution < -0.4 is 5.32 Å². The first-order valence-corrected chi connectivity index (χ1v) is 5.86. The van der Waals surface area contributed by atoms with E-state index in [1.165, 1.54) is 13.0 Å². The van der Waals surface area contributed by atoms with E-state index < -0.39 is 23.1 Å². The van der Waals surface area contributed by atoms with Crippen molar-refractivity contribution in [2.45, 2.75) is 26.3 Å². The van der Waals surface area contributed by atoms with E-state index in [4.69, 9.17) is 11.6 Å². The highest BCUT2D eigenvalue weighted by molar-refractivity contribution is 6.18. The zero-order valence-electron chi connectivity index (χ0n) is 9.69. The van der Waals surface area contributed by atoms with E-state index >= 15 is 0 Å². The molecule has 0 spiro atoms. The molecule has 0 heterocycles. The van der Waals surface area contributed by atoms with Crippen molar-refractivity contribution >= 4 is 17.5 Å². The van der Waals surface area contributed by atoms with Crippen molar-refractivity contribution in [3.63, 3.8) is 0 Å². The number of hydrogen-bond donors (Lipinski definition) is 1. The van der Waals surface area contributed by atoms with Gasteiger partial charge in [0.2, 0.25) is 0 Å². The van der Waals surface area contributed by atoms with Crippen molar-refractivity contribution in [1.82, 2.24) is 5.32 Å². The number of nitrogens with one attached hydrogen (secondary N) is 1. The fourth-order valence-electron chi connectivity index (χ4n) is 1.37. The molecule has 1 unspecified atom stereocenters. The largest absolute Gasteiger partial charge is 0.348 e. The Morgan fingerprint density at radius 3 is 2.65 bits per heavy atom. The topological polar surface area (TPSA) is 29.1 Å². The van der Waals surface area contributed by atoms with E-state index in [1.807, 2.05) is 6.92 Å². The number of amides is 1. The molecule has 1 N–H and O–H groups in total. The average Bonchev–Trinajstić information content (AvgIpc) is 2.31. The van der Waals surface area contributed by atoms with E-state index in [-0.39, 0.29) is 17.5 Å². The lowest BCUT2D eigenvalue weighted by atomic mass is 10.1. The molecule has 94 valence electrons. The highest BCUT2D eigenvalue weighted by Gasteiger charge is 2.20. The molecule has 0 bridgehead atoms. The van der Waals surface area contributed by atoms with E-state index in [1.54, 1.807) is 0 Å². The van der Waals surface area contributed by atoms with Gasteiger partial charge >= 0.3 is 0 Å². The molecular weight excluding hydrogens is 248 g/mol. The molecule has 17 heavy (non-hydrogen) atoms. The van der Waals surface area contributed by atoms with Gasteiger partial charge in [-0.15, -0.1) is 11.6 Å². The lowest BCUT2D eigenvalue weighted by molar-refractivity contribution is 0.0931. The van der Waals surface area contributed by atoms with Crippen LogP contribution in [0.25, 0.3) is 0 Å². The third-order valence-electron chi connectivity index (χ3n) is 2.53. The Morgan fingerprint density at radius 1 is 1.47 bits per heavy atom. The summed E-state index contributed by atoms with van der Waals surface area (Å²) in [4.78, 5) is 11.7. The summed E-state index contributed by atoms with van der Waals surface area (Å²) < 4.78 is 27.0. The molecule has 0 aliphatic heterocycles. The number of alkyl halides is 1. The van der Waals surface area contributed by atoms with Gasteiger partial charge in [0.15, 0.2) is 0 Å². The van der Waals surface area contributed by atoms with Crippen molar-refractivity contribution < 1.29 is 13.6 Å². The summed E-state index contributed by atoms with van der Waals surface area (Å²) >= 11 is 5.61. The number of rotatable bonds is 4. The normalized spacial score (nSPS) is 12.3. The second-order valence-electron chi connectivity index (χ2n) is 3.79. The monoisotopic (exact) mass is 261 g/mol. The number of aryl methyl sites for hydroxylation is 1. The molecule has 1 aromatic carbocycles. The smallest absolute Gasteiger partial charge is 0.257 e. The van der Waals surface area contributed by atoms with Crippen LogP contribution in [0.5, 0.6) is 0 Å². The Balaban J connectivity index is 3.00. The van der Waals surface area contributed by atoms with Crippen molar-refractivity contribution in [3.8, 4) is 0 Å². The van der Waals surface area contributed by atoms with Gasteiger partial charge in [0.05, 0.1) is 0 Å². The van der Waals surface area contributed by atoms with Crippen LogP contribution in [-0.2, 0) is 0 Å². The fraction of sp³-hybridized carbons (Fsp3) is 0.417. The third kappa shape index (κ3) is 3.16. The predicted octanol–water partition coefficient (Wildman–Crippen LogP) is 3.02. The third-order valence-corrected chi connectivity index (χ3v) is 2.90. The van der Waals surface area contributed by atoms with Crippen LogP contribution in [0.4, 0.5) is 8.78 Å². The molecule has 0 aliphatic carbocycles. The van der Waals surface area contributed by atoms with Gasteiger partial charge in [-0.25, -0.2) is 8.78 Å². The van der Waals surface area contributed by atoms with Crippen LogP contribution in [0.15, 0.2) is 12.1 Å². The van der Waals surface area contributed by atoms with E-state index in [0.717, 1.165) is 6.07 Å². The molecule has 0 aliphatic rings. The Bertz CT molecular complexity index is 419. The SMILES string of the molecule is CCC(CCl)NC(=O)c1c(F)ccc(C)c1F. The van der Waals surface area contributed by atoms with Crippen LogP contribution in [0, 0.1) is 18.6 Å². The van der Waals surface area contributed by atoms with Gasteiger partial charge < -0.3 is 5.32 Å². The number of carbonyl (C=O) groups excluding carboxylic acids is 1. The summed E-state index contributed by atoms with van der Waals surface area (Å²) in [5.74, 6) is -2.25. The van der Waals surface area contributed by atoms with Crippen molar-refractivity contribution in [1.29, 1.82) is 0 Å². The molecule has 0 fully saturated rings. The van der Waals surface area contributed by atoms with Gasteiger partial charge in [0.1, 0.15) is 17.2 Å². The summed E-state index contributed by atoms with van der Waals surface area (Å²) in [7, 11) is 0. The van der Waals surface area contributed by atoms with Gasteiger partial charge in [-0.3, -0.25) is 4.79 Å². The molecule has 0 saturated heterocycles. The maximum absolute atomic E-state index is 13.6. The van der Waals surface area contributed by atoms with Crippen molar-refractivity contribution in [2.75, 3.05) is 5.88 Å². The molecule has 1 atom stereocenters. The quantitative estimate of drug-likeness (QED) is 0.830. The second-order valence-corrected chi connectivity index (χ2v) is 4.09. The summed E-state index contributed by atoms with van der Waals surface area (Å²) in [6.45, 7) is 3.31. The molecule has 0 saturated carbocycles. The highest BCUT2D eigenvalue weighted by atomic mass is 35.5. The molecule has 2 nitrogen and oxygen atoms in total. The molecule has 5 heteroatoms. The number of hydrogen-bond acceptors (Lipinski definition) is 1. The van der Waals surface area contributed by atoms with Gasteiger partial charge in [0, 0.05) is 11.9 Å². The number of halogens is 3. The molecule has 0 aromatic heterocycles. The Labute approximate surface area is 104 Å². The zero-order chi connectivity index (χ0) is 13.0. The second kappa shape index (κ2) is 5.96. The minimum Gasteiger partial charge on any atom is -0.348 e. The average molecular weight is 262 g/mol. The number of carbonyl (C=O) groups is 1. The first kappa shape index (κ1) is 13.9.